The summed E-state index contributed by atoms with van der Waals surface area (Å²) in [6.07, 6.45) is 0. The van der Waals surface area contributed by atoms with Crippen LogP contribution >= 0.6 is 11.3 Å². The molecule has 0 aliphatic carbocycles. The van der Waals surface area contributed by atoms with Gasteiger partial charge in [-0.05, 0) is 59.5 Å². The molecule has 0 saturated heterocycles. The fraction of sp³-hybridized carbons (Fsp3) is 0. The third kappa shape index (κ3) is 4.82. The van der Waals surface area contributed by atoms with Gasteiger partial charge in [0.15, 0.2) is 11.6 Å². The number of fused-ring (bicyclic) bond motifs is 14. The van der Waals surface area contributed by atoms with E-state index >= 15 is 0 Å². The highest BCUT2D eigenvalue weighted by molar-refractivity contribution is 7.25. The third-order valence-electron chi connectivity index (χ3n) is 12.5. The van der Waals surface area contributed by atoms with E-state index in [0.717, 1.165) is 93.1 Å². The van der Waals surface area contributed by atoms with Gasteiger partial charge in [-0.25, -0.2) is 4.98 Å². The van der Waals surface area contributed by atoms with E-state index < -0.39 is 0 Å². The van der Waals surface area contributed by atoms with Gasteiger partial charge in [-0.3, -0.25) is 4.57 Å². The first-order valence-corrected chi connectivity index (χ1v) is 21.5. The van der Waals surface area contributed by atoms with Gasteiger partial charge in [0.2, 0.25) is 5.95 Å². The van der Waals surface area contributed by atoms with Crippen molar-refractivity contribution in [3.63, 3.8) is 0 Å². The molecule has 0 spiro atoms. The number of para-hydroxylation sites is 3. The molecule has 0 atom stereocenters. The molecule has 0 aliphatic heterocycles. The normalized spacial score (nSPS) is 12.2. The van der Waals surface area contributed by atoms with Crippen molar-refractivity contribution in [1.82, 2.24) is 19.5 Å². The van der Waals surface area contributed by atoms with Gasteiger partial charge in [-0.2, -0.15) is 9.97 Å². The lowest BCUT2D eigenvalue weighted by atomic mass is 9.97. The molecule has 0 amide bonds. The van der Waals surface area contributed by atoms with Gasteiger partial charge in [0.1, 0.15) is 22.3 Å². The van der Waals surface area contributed by atoms with Crippen molar-refractivity contribution in [2.24, 2.45) is 0 Å². The van der Waals surface area contributed by atoms with Crippen LogP contribution < -0.4 is 0 Å². The standard InChI is InChI=1S/C55H30N4O2S/c1-2-12-34-31(11-1)23-28-42-41-18-9-17-40(39-16-10-22-49-50(39)43-15-5-8-21-48(43)62-49)52(41)59(51(34)42)55-57-53(32-24-26-37-35-13-3-6-19-44(35)60-46(37)29-32)56-54(58-55)33-25-27-38-36-14-4-7-20-45(36)61-47(38)30-33/h1-30H. The fourth-order valence-electron chi connectivity index (χ4n) is 9.70. The molecule has 7 heteroatoms. The molecular formula is C55H30N4O2S. The molecule has 0 unspecified atom stereocenters. The van der Waals surface area contributed by atoms with E-state index in [1.807, 2.05) is 47.7 Å². The first-order chi connectivity index (χ1) is 30.7. The van der Waals surface area contributed by atoms with Gasteiger partial charge in [-0.1, -0.05) is 133 Å². The summed E-state index contributed by atoms with van der Waals surface area (Å²) < 4.78 is 17.6. The van der Waals surface area contributed by atoms with Gasteiger partial charge in [0.05, 0.1) is 11.0 Å². The van der Waals surface area contributed by atoms with Crippen LogP contribution in [-0.4, -0.2) is 19.5 Å². The van der Waals surface area contributed by atoms with Crippen molar-refractivity contribution in [2.75, 3.05) is 0 Å². The average molecular weight is 811 g/mol. The Hall–Kier alpha value is -8.13. The largest absolute Gasteiger partial charge is 0.456 e. The summed E-state index contributed by atoms with van der Waals surface area (Å²) in [6, 6.07) is 63.8. The lowest BCUT2D eigenvalue weighted by molar-refractivity contribution is 0.668. The van der Waals surface area contributed by atoms with Crippen LogP contribution in [0.25, 0.3) is 136 Å². The number of hydrogen-bond acceptors (Lipinski definition) is 6. The highest BCUT2D eigenvalue weighted by Crippen LogP contribution is 2.45. The van der Waals surface area contributed by atoms with E-state index in [1.54, 1.807) is 0 Å². The number of hydrogen-bond donors (Lipinski definition) is 0. The highest BCUT2D eigenvalue weighted by atomic mass is 32.1. The molecular weight excluding hydrogens is 781 g/mol. The number of benzene rings is 9. The predicted octanol–water partition coefficient (Wildman–Crippen LogP) is 15.3. The molecule has 62 heavy (non-hydrogen) atoms. The molecule has 14 rings (SSSR count). The Bertz CT molecular complexity index is 4060. The number of aromatic nitrogens is 4. The first-order valence-electron chi connectivity index (χ1n) is 20.7. The Morgan fingerprint density at radius 1 is 0.371 bits per heavy atom. The van der Waals surface area contributed by atoms with Gasteiger partial charge < -0.3 is 8.83 Å². The summed E-state index contributed by atoms with van der Waals surface area (Å²) in [4.78, 5) is 16.2. The Morgan fingerprint density at radius 3 is 1.63 bits per heavy atom. The molecule has 0 aliphatic rings. The highest BCUT2D eigenvalue weighted by Gasteiger charge is 2.24. The van der Waals surface area contributed by atoms with E-state index in [-0.39, 0.29) is 0 Å². The maximum Gasteiger partial charge on any atom is 0.238 e. The van der Waals surface area contributed by atoms with E-state index in [4.69, 9.17) is 23.8 Å². The molecule has 5 aromatic heterocycles. The van der Waals surface area contributed by atoms with E-state index in [2.05, 4.69) is 150 Å². The number of nitrogens with zero attached hydrogens (tertiary/aromatic N) is 4. The second kappa shape index (κ2) is 12.7. The number of rotatable bonds is 4. The van der Waals surface area contributed by atoms with Crippen LogP contribution in [0.15, 0.2) is 191 Å². The molecule has 0 radical (unpaired) electrons. The van der Waals surface area contributed by atoms with Gasteiger partial charge in [0.25, 0.3) is 0 Å². The van der Waals surface area contributed by atoms with Crippen molar-refractivity contribution in [1.29, 1.82) is 0 Å². The second-order valence-corrected chi connectivity index (χ2v) is 17.0. The average Bonchev–Trinajstić information content (AvgIpc) is 4.10. The van der Waals surface area contributed by atoms with Crippen molar-refractivity contribution in [3.05, 3.63) is 182 Å². The zero-order chi connectivity index (χ0) is 40.5. The summed E-state index contributed by atoms with van der Waals surface area (Å²) in [6.45, 7) is 0. The zero-order valence-electron chi connectivity index (χ0n) is 32.8. The van der Waals surface area contributed by atoms with E-state index in [0.29, 0.717) is 17.6 Å². The van der Waals surface area contributed by atoms with Crippen LogP contribution in [0.2, 0.25) is 0 Å². The fourth-order valence-corrected chi connectivity index (χ4v) is 10.8. The third-order valence-corrected chi connectivity index (χ3v) is 13.6. The summed E-state index contributed by atoms with van der Waals surface area (Å²) in [5.74, 6) is 1.59. The Balaban J connectivity index is 1.11. The minimum absolute atomic E-state index is 0.519. The van der Waals surface area contributed by atoms with Crippen molar-refractivity contribution >= 4 is 108 Å². The molecule has 0 saturated carbocycles. The quantitative estimate of drug-likeness (QED) is 0.177. The lowest BCUT2D eigenvalue weighted by Gasteiger charge is -2.14. The Morgan fingerprint density at radius 2 is 0.903 bits per heavy atom. The van der Waals surface area contributed by atoms with Crippen molar-refractivity contribution < 1.29 is 8.83 Å². The lowest BCUT2D eigenvalue weighted by Crippen LogP contribution is -2.07. The Labute approximate surface area is 356 Å². The zero-order valence-corrected chi connectivity index (χ0v) is 33.7. The Kier molecular flexibility index (Phi) is 6.89. The predicted molar refractivity (Wildman–Crippen MR) is 255 cm³/mol. The number of thiophene rings is 1. The molecule has 5 heterocycles. The monoisotopic (exact) mass is 810 g/mol. The summed E-state index contributed by atoms with van der Waals surface area (Å²) in [5, 5.41) is 11.2. The molecule has 14 aromatic rings. The second-order valence-electron chi connectivity index (χ2n) is 15.9. The minimum Gasteiger partial charge on any atom is -0.456 e. The van der Waals surface area contributed by atoms with Gasteiger partial charge in [-0.15, -0.1) is 11.3 Å². The van der Waals surface area contributed by atoms with Crippen LogP contribution in [0, 0.1) is 0 Å². The van der Waals surface area contributed by atoms with Crippen LogP contribution in [0.5, 0.6) is 0 Å². The van der Waals surface area contributed by atoms with Crippen molar-refractivity contribution in [3.8, 4) is 39.9 Å². The van der Waals surface area contributed by atoms with Crippen molar-refractivity contribution in [2.45, 2.75) is 0 Å². The van der Waals surface area contributed by atoms with Crippen LogP contribution in [0.4, 0.5) is 0 Å². The number of furan rings is 2. The smallest absolute Gasteiger partial charge is 0.238 e. The minimum atomic E-state index is 0.519. The maximum absolute atomic E-state index is 6.41. The van der Waals surface area contributed by atoms with E-state index in [1.165, 1.54) is 25.7 Å². The van der Waals surface area contributed by atoms with Crippen LogP contribution in [-0.2, 0) is 0 Å². The SMILES string of the molecule is c1ccc2c(c1)ccc1c3cccc(-c4cccc5sc6ccccc6c45)c3n(-c3nc(-c4ccc5c(c4)oc4ccccc45)nc(-c4ccc5c(c4)oc4ccccc45)n3)c21. The maximum atomic E-state index is 6.41. The van der Waals surface area contributed by atoms with Crippen LogP contribution in [0.3, 0.4) is 0 Å². The summed E-state index contributed by atoms with van der Waals surface area (Å²) >= 11 is 1.83. The molecule has 0 fully saturated rings. The molecule has 0 bridgehead atoms. The molecule has 288 valence electrons. The molecule has 9 aromatic carbocycles. The first kappa shape index (κ1) is 33.7. The molecule has 6 nitrogen and oxygen atoms in total. The summed E-state index contributed by atoms with van der Waals surface area (Å²) in [7, 11) is 0. The van der Waals surface area contributed by atoms with Crippen LogP contribution in [0.1, 0.15) is 0 Å². The van der Waals surface area contributed by atoms with Gasteiger partial charge in [0, 0.05) is 74.6 Å². The molecule has 0 N–H and O–H groups in total. The van der Waals surface area contributed by atoms with Gasteiger partial charge >= 0.3 is 0 Å². The summed E-state index contributed by atoms with van der Waals surface area (Å²) in [5.41, 5.74) is 9.23. The van der Waals surface area contributed by atoms with E-state index in [9.17, 15) is 0 Å². The topological polar surface area (TPSA) is 69.9 Å².